The van der Waals surface area contributed by atoms with Gasteiger partial charge in [0, 0.05) is 10.8 Å². The Morgan fingerprint density at radius 1 is 0.720 bits per heavy atom. The fourth-order valence-corrected chi connectivity index (χ4v) is 3.82. The van der Waals surface area contributed by atoms with Gasteiger partial charge in [0.25, 0.3) is 0 Å². The van der Waals surface area contributed by atoms with Crippen molar-refractivity contribution in [3.63, 3.8) is 0 Å². The molecule has 0 atom stereocenters. The van der Waals surface area contributed by atoms with Crippen LogP contribution in [0, 0.1) is 0 Å². The Kier molecular flexibility index (Phi) is 7.14. The van der Waals surface area contributed by atoms with Gasteiger partial charge >= 0.3 is 59.1 Å². The van der Waals surface area contributed by atoms with E-state index in [0.717, 1.165) is 18.2 Å². The number of hydrogen-bond acceptors (Lipinski definition) is 7. The van der Waals surface area contributed by atoms with Gasteiger partial charge in [-0.15, -0.1) is 0 Å². The minimum absolute atomic E-state index is 0. The van der Waals surface area contributed by atoms with Gasteiger partial charge in [-0.05, 0) is 22.9 Å². The summed E-state index contributed by atoms with van der Waals surface area (Å²) in [6.45, 7) is 0. The molecule has 3 aromatic rings. The average molecular weight is 398 g/mol. The van der Waals surface area contributed by atoms with Crippen molar-refractivity contribution in [2.45, 2.75) is 9.79 Å². The van der Waals surface area contributed by atoms with Crippen LogP contribution in [0.2, 0.25) is 0 Å². The van der Waals surface area contributed by atoms with Crippen molar-refractivity contribution in [1.29, 1.82) is 0 Å². The van der Waals surface area contributed by atoms with Gasteiger partial charge in [-0.3, -0.25) is 0 Å². The van der Waals surface area contributed by atoms with Crippen molar-refractivity contribution in [3.05, 3.63) is 42.5 Å². The third-order valence-electron chi connectivity index (χ3n) is 3.46. The van der Waals surface area contributed by atoms with Gasteiger partial charge in [-0.2, -0.15) is 0 Å². The first kappa shape index (κ1) is 22.8. The molecule has 3 aromatic carbocycles. The Labute approximate surface area is 188 Å². The van der Waals surface area contributed by atoms with E-state index in [-0.39, 0.29) is 75.3 Å². The van der Waals surface area contributed by atoms with Crippen molar-refractivity contribution in [3.8, 4) is 5.75 Å². The van der Waals surface area contributed by atoms with Crippen molar-refractivity contribution in [2.24, 2.45) is 0 Å². The van der Waals surface area contributed by atoms with Crippen LogP contribution in [-0.2, 0) is 20.2 Å². The van der Waals surface area contributed by atoms with Crippen LogP contribution >= 0.6 is 0 Å². The average Bonchev–Trinajstić information content (AvgIpc) is 2.45. The fraction of sp³-hybridized carbons (Fsp3) is 0. The first-order chi connectivity index (χ1) is 10.6. The van der Waals surface area contributed by atoms with Crippen LogP contribution in [0.15, 0.2) is 52.3 Å². The Bertz CT molecular complexity index is 1170. The fourth-order valence-electron chi connectivity index (χ4n) is 2.53. The number of fused-ring (bicyclic) bond motifs is 3. The van der Waals surface area contributed by atoms with E-state index in [1.807, 2.05) is 0 Å². The van der Waals surface area contributed by atoms with Gasteiger partial charge in [0.1, 0.15) is 30.9 Å². The van der Waals surface area contributed by atoms with Gasteiger partial charge in [-0.1, -0.05) is 30.3 Å². The number of rotatable bonds is 2. The van der Waals surface area contributed by atoms with Gasteiger partial charge in [0.15, 0.2) is 0 Å². The summed E-state index contributed by atoms with van der Waals surface area (Å²) in [6, 6.07) is 8.92. The molecule has 0 amide bonds. The van der Waals surface area contributed by atoms with Crippen LogP contribution in [0.4, 0.5) is 0 Å². The minimum atomic E-state index is -5.03. The molecule has 3 rings (SSSR count). The summed E-state index contributed by atoms with van der Waals surface area (Å²) in [7, 11) is -9.79. The van der Waals surface area contributed by atoms with E-state index in [9.17, 15) is 31.0 Å². The summed E-state index contributed by atoms with van der Waals surface area (Å²) < 4.78 is 68.0. The standard InChI is InChI=1S/C14H10O7S2.2Na/c15-13-10-4-2-1-3-9(10)12-7-8(22(16,17)18)5-6-11(12)14(13)23(19,20)21;;/h1-7,15H,(H,16,17,18)(H,19,20,21);;/q;2*+1/p-2. The van der Waals surface area contributed by atoms with E-state index in [4.69, 9.17) is 0 Å². The summed E-state index contributed by atoms with van der Waals surface area (Å²) >= 11 is 0. The van der Waals surface area contributed by atoms with E-state index in [2.05, 4.69) is 0 Å². The van der Waals surface area contributed by atoms with Crippen LogP contribution in [0.1, 0.15) is 0 Å². The number of phenolic OH excluding ortho intramolecular Hbond substituents is 1. The number of hydrogen-bond donors (Lipinski definition) is 1. The molecule has 0 spiro atoms. The zero-order chi connectivity index (χ0) is 17.0. The normalized spacial score (nSPS) is 11.8. The second-order valence-electron chi connectivity index (χ2n) is 4.84. The monoisotopic (exact) mass is 398 g/mol. The summed E-state index contributed by atoms with van der Waals surface area (Å²) in [6.07, 6.45) is 0. The Morgan fingerprint density at radius 2 is 1.28 bits per heavy atom. The molecule has 0 radical (unpaired) electrons. The zero-order valence-corrected chi connectivity index (χ0v) is 18.9. The number of phenols is 1. The molecule has 0 fully saturated rings. The van der Waals surface area contributed by atoms with E-state index in [1.165, 1.54) is 18.2 Å². The Morgan fingerprint density at radius 3 is 1.80 bits per heavy atom. The quantitative estimate of drug-likeness (QED) is 0.261. The topological polar surface area (TPSA) is 135 Å². The molecule has 0 aliphatic rings. The molecule has 0 saturated heterocycles. The van der Waals surface area contributed by atoms with Gasteiger partial charge in [0.05, 0.1) is 4.90 Å². The van der Waals surface area contributed by atoms with Crippen molar-refractivity contribution < 1.29 is 90.2 Å². The van der Waals surface area contributed by atoms with Crippen molar-refractivity contribution >= 4 is 41.8 Å². The minimum Gasteiger partial charge on any atom is -0.744 e. The predicted octanol–water partition coefficient (Wildman–Crippen LogP) is -4.49. The molecule has 0 unspecified atom stereocenters. The number of aromatic hydroxyl groups is 1. The summed E-state index contributed by atoms with van der Waals surface area (Å²) in [5.74, 6) is -0.708. The maximum Gasteiger partial charge on any atom is 1.00 e. The smallest absolute Gasteiger partial charge is 0.744 e. The first-order valence-corrected chi connectivity index (χ1v) is 9.01. The van der Waals surface area contributed by atoms with E-state index in [1.54, 1.807) is 6.07 Å². The summed E-state index contributed by atoms with van der Waals surface area (Å²) in [5.41, 5.74) is 0. The van der Waals surface area contributed by atoms with Crippen LogP contribution < -0.4 is 59.1 Å². The Hall–Kier alpha value is -0.200. The molecule has 11 heteroatoms. The Balaban J connectivity index is 0.00000156. The summed E-state index contributed by atoms with van der Waals surface area (Å²) in [4.78, 5) is -1.41. The predicted molar refractivity (Wildman–Crippen MR) is 79.0 cm³/mol. The zero-order valence-electron chi connectivity index (χ0n) is 13.3. The molecule has 7 nitrogen and oxygen atoms in total. The second kappa shape index (κ2) is 7.81. The van der Waals surface area contributed by atoms with E-state index < -0.39 is 35.8 Å². The van der Waals surface area contributed by atoms with Gasteiger partial charge < -0.3 is 14.2 Å². The molecule has 0 aliphatic heterocycles. The number of benzene rings is 3. The molecule has 0 bridgehead atoms. The van der Waals surface area contributed by atoms with E-state index in [0.29, 0.717) is 5.39 Å². The maximum atomic E-state index is 11.5. The molecular weight excluding hydrogens is 390 g/mol. The largest absolute Gasteiger partial charge is 1.00 e. The third kappa shape index (κ3) is 4.22. The molecule has 120 valence electrons. The first-order valence-electron chi connectivity index (χ1n) is 6.20. The van der Waals surface area contributed by atoms with Crippen LogP contribution in [-0.4, -0.2) is 31.0 Å². The van der Waals surface area contributed by atoms with Gasteiger partial charge in [0.2, 0.25) is 0 Å². The van der Waals surface area contributed by atoms with Gasteiger partial charge in [-0.25, -0.2) is 16.8 Å². The molecule has 0 saturated carbocycles. The molecule has 0 heterocycles. The van der Waals surface area contributed by atoms with Crippen molar-refractivity contribution in [1.82, 2.24) is 0 Å². The van der Waals surface area contributed by atoms with E-state index >= 15 is 0 Å². The molecule has 0 aliphatic carbocycles. The molecular formula is C14H8Na2O7S2. The third-order valence-corrected chi connectivity index (χ3v) is 5.21. The summed E-state index contributed by atoms with van der Waals surface area (Å²) in [5, 5.41) is 10.5. The van der Waals surface area contributed by atoms with Crippen LogP contribution in [0.3, 0.4) is 0 Å². The molecule has 25 heavy (non-hydrogen) atoms. The van der Waals surface area contributed by atoms with Crippen LogP contribution in [0.25, 0.3) is 21.5 Å². The van der Waals surface area contributed by atoms with Crippen molar-refractivity contribution in [2.75, 3.05) is 0 Å². The SMILES string of the molecule is O=S(=O)([O-])c1ccc2c(S(=O)(=O)[O-])c(O)c3ccccc3c2c1.[Na+].[Na+]. The maximum absolute atomic E-state index is 11.5. The second-order valence-corrected chi connectivity index (χ2v) is 7.54. The molecule has 1 N–H and O–H groups in total. The van der Waals surface area contributed by atoms with Crippen LogP contribution in [0.5, 0.6) is 5.75 Å². The molecule has 0 aromatic heterocycles.